The molecule has 2 aromatic rings. The molecule has 0 bridgehead atoms. The van der Waals surface area contributed by atoms with Crippen molar-refractivity contribution in [2.24, 2.45) is 0 Å². The van der Waals surface area contributed by atoms with Gasteiger partial charge in [0, 0.05) is 19.4 Å². The fourth-order valence-electron chi connectivity index (χ4n) is 2.12. The second kappa shape index (κ2) is 3.83. The van der Waals surface area contributed by atoms with Crippen LogP contribution in [0.5, 0.6) is 0 Å². The Balaban J connectivity index is 2.08. The van der Waals surface area contributed by atoms with Gasteiger partial charge in [0.05, 0.1) is 11.4 Å². The first kappa shape index (κ1) is 9.72. The number of halogens is 1. The molecule has 0 spiro atoms. The van der Waals surface area contributed by atoms with E-state index in [9.17, 15) is 4.39 Å². The number of hydrogen-bond donors (Lipinski definition) is 0. The lowest BCUT2D eigenvalue weighted by Gasteiger charge is -2.22. The van der Waals surface area contributed by atoms with Crippen molar-refractivity contribution in [2.45, 2.75) is 18.9 Å². The third-order valence-corrected chi connectivity index (χ3v) is 2.96. The molecule has 1 fully saturated rings. The van der Waals surface area contributed by atoms with Gasteiger partial charge in [0.2, 0.25) is 5.95 Å². The second-order valence-corrected chi connectivity index (χ2v) is 3.95. The fraction of sp³-hybridized carbons (Fsp3) is 0.455. The van der Waals surface area contributed by atoms with Crippen LogP contribution in [-0.2, 0) is 4.74 Å². The molecule has 0 radical (unpaired) electrons. The minimum atomic E-state index is -0.436. The molecule has 1 aliphatic rings. The first-order valence-electron chi connectivity index (χ1n) is 5.43. The average molecular weight is 221 g/mol. The summed E-state index contributed by atoms with van der Waals surface area (Å²) in [7, 11) is 0. The van der Waals surface area contributed by atoms with E-state index in [0.29, 0.717) is 24.2 Å². The first-order valence-corrected chi connectivity index (χ1v) is 5.43. The molecule has 0 unspecified atom stereocenters. The van der Waals surface area contributed by atoms with Crippen molar-refractivity contribution in [1.29, 1.82) is 0 Å². The summed E-state index contributed by atoms with van der Waals surface area (Å²) in [6.45, 7) is 1.42. The molecule has 0 amide bonds. The molecule has 0 aromatic carbocycles. The normalized spacial score (nSPS) is 18.1. The quantitative estimate of drug-likeness (QED) is 0.738. The number of ether oxygens (including phenoxy) is 1. The maximum absolute atomic E-state index is 13.6. The van der Waals surface area contributed by atoms with Crippen LogP contribution in [0.2, 0.25) is 0 Å². The summed E-state index contributed by atoms with van der Waals surface area (Å²) >= 11 is 0. The fourth-order valence-corrected chi connectivity index (χ4v) is 2.12. The molecule has 84 valence electrons. The van der Waals surface area contributed by atoms with Crippen LogP contribution in [-0.4, -0.2) is 28.0 Å². The summed E-state index contributed by atoms with van der Waals surface area (Å²) in [5, 5.41) is 4.44. The predicted molar refractivity (Wildman–Crippen MR) is 56.6 cm³/mol. The van der Waals surface area contributed by atoms with Crippen molar-refractivity contribution in [1.82, 2.24) is 14.8 Å². The van der Waals surface area contributed by atoms with Crippen molar-refractivity contribution >= 4 is 11.0 Å². The van der Waals surface area contributed by atoms with Crippen LogP contribution in [0.15, 0.2) is 18.3 Å². The Bertz CT molecular complexity index is 505. The highest BCUT2D eigenvalue weighted by Gasteiger charge is 2.21. The number of rotatable bonds is 1. The molecule has 3 heterocycles. The molecule has 3 rings (SSSR count). The largest absolute Gasteiger partial charge is 0.381 e. The molecule has 0 atom stereocenters. The van der Waals surface area contributed by atoms with E-state index < -0.39 is 5.95 Å². The van der Waals surface area contributed by atoms with Crippen LogP contribution < -0.4 is 0 Å². The van der Waals surface area contributed by atoms with Crippen LogP contribution in [0, 0.1) is 5.95 Å². The van der Waals surface area contributed by atoms with E-state index in [0.717, 1.165) is 12.8 Å². The summed E-state index contributed by atoms with van der Waals surface area (Å²) in [5.41, 5.74) is 0.631. The average Bonchev–Trinajstić information content (AvgIpc) is 2.69. The van der Waals surface area contributed by atoms with Crippen LogP contribution in [0.4, 0.5) is 4.39 Å². The van der Waals surface area contributed by atoms with Gasteiger partial charge in [-0.25, -0.2) is 9.67 Å². The van der Waals surface area contributed by atoms with Gasteiger partial charge in [-0.15, -0.1) is 5.10 Å². The molecular formula is C11H12FN3O. The lowest BCUT2D eigenvalue weighted by molar-refractivity contribution is 0.0668. The summed E-state index contributed by atoms with van der Waals surface area (Å²) in [4.78, 5) is 4.20. The van der Waals surface area contributed by atoms with Crippen LogP contribution in [0.1, 0.15) is 18.9 Å². The molecule has 1 saturated heterocycles. The number of fused-ring (bicyclic) bond motifs is 1. The molecule has 0 saturated carbocycles. The minimum absolute atomic E-state index is 0.204. The highest BCUT2D eigenvalue weighted by atomic mass is 19.1. The smallest absolute Gasteiger partial charge is 0.242 e. The zero-order valence-corrected chi connectivity index (χ0v) is 8.77. The highest BCUT2D eigenvalue weighted by molar-refractivity contribution is 5.74. The topological polar surface area (TPSA) is 39.9 Å². The number of pyridine rings is 1. The van der Waals surface area contributed by atoms with Gasteiger partial charge in [0.1, 0.15) is 0 Å². The predicted octanol–water partition coefficient (Wildman–Crippen LogP) is 1.92. The van der Waals surface area contributed by atoms with E-state index in [1.54, 1.807) is 23.0 Å². The Kier molecular flexibility index (Phi) is 2.32. The molecule has 0 aliphatic carbocycles. The lowest BCUT2D eigenvalue weighted by atomic mass is 10.1. The number of hydrogen-bond acceptors (Lipinski definition) is 3. The lowest BCUT2D eigenvalue weighted by Crippen LogP contribution is -2.20. The van der Waals surface area contributed by atoms with Crippen molar-refractivity contribution in [2.75, 3.05) is 13.2 Å². The standard InChI is InChI=1S/C11H12FN3O/c12-10-9-2-1-5-13-11(9)15(14-10)8-3-6-16-7-4-8/h1-2,5,8H,3-4,6-7H2. The van der Waals surface area contributed by atoms with Gasteiger partial charge in [-0.05, 0) is 25.0 Å². The SMILES string of the molecule is Fc1nn(C2CCOCC2)c2ncccc12. The van der Waals surface area contributed by atoms with Crippen LogP contribution >= 0.6 is 0 Å². The van der Waals surface area contributed by atoms with E-state index in [1.165, 1.54) is 0 Å². The zero-order chi connectivity index (χ0) is 11.0. The van der Waals surface area contributed by atoms with Crippen LogP contribution in [0.3, 0.4) is 0 Å². The monoisotopic (exact) mass is 221 g/mol. The molecule has 1 aliphatic heterocycles. The summed E-state index contributed by atoms with van der Waals surface area (Å²) < 4.78 is 20.5. The maximum atomic E-state index is 13.6. The van der Waals surface area contributed by atoms with Crippen molar-refractivity contribution < 1.29 is 9.13 Å². The van der Waals surface area contributed by atoms with E-state index in [2.05, 4.69) is 10.1 Å². The van der Waals surface area contributed by atoms with Gasteiger partial charge < -0.3 is 4.74 Å². The highest BCUT2D eigenvalue weighted by Crippen LogP contribution is 2.25. The third kappa shape index (κ3) is 1.48. The van der Waals surface area contributed by atoms with Crippen molar-refractivity contribution in [3.8, 4) is 0 Å². The molecule has 5 heteroatoms. The Morgan fingerprint density at radius 2 is 2.19 bits per heavy atom. The maximum Gasteiger partial charge on any atom is 0.242 e. The molecule has 16 heavy (non-hydrogen) atoms. The van der Waals surface area contributed by atoms with E-state index in [4.69, 9.17) is 4.74 Å². The number of aromatic nitrogens is 3. The Hall–Kier alpha value is -1.49. The van der Waals surface area contributed by atoms with Gasteiger partial charge in [0.15, 0.2) is 5.65 Å². The minimum Gasteiger partial charge on any atom is -0.381 e. The molecular weight excluding hydrogens is 209 g/mol. The number of nitrogens with zero attached hydrogens (tertiary/aromatic N) is 3. The zero-order valence-electron chi connectivity index (χ0n) is 8.77. The second-order valence-electron chi connectivity index (χ2n) is 3.95. The van der Waals surface area contributed by atoms with Gasteiger partial charge in [-0.1, -0.05) is 0 Å². The summed E-state index contributed by atoms with van der Waals surface area (Å²) in [6.07, 6.45) is 3.40. The Morgan fingerprint density at radius 1 is 1.38 bits per heavy atom. The molecule has 0 N–H and O–H groups in total. The van der Waals surface area contributed by atoms with Gasteiger partial charge in [0.25, 0.3) is 0 Å². The first-order chi connectivity index (χ1) is 7.86. The van der Waals surface area contributed by atoms with Gasteiger partial charge in [-0.2, -0.15) is 4.39 Å². The third-order valence-electron chi connectivity index (χ3n) is 2.96. The molecule has 4 nitrogen and oxygen atoms in total. The van der Waals surface area contributed by atoms with E-state index in [1.807, 2.05) is 0 Å². The Labute approximate surface area is 92.0 Å². The van der Waals surface area contributed by atoms with Crippen LogP contribution in [0.25, 0.3) is 11.0 Å². The van der Waals surface area contributed by atoms with Gasteiger partial charge >= 0.3 is 0 Å². The van der Waals surface area contributed by atoms with E-state index >= 15 is 0 Å². The molecule has 2 aromatic heterocycles. The Morgan fingerprint density at radius 3 is 3.00 bits per heavy atom. The summed E-state index contributed by atoms with van der Waals surface area (Å²) in [5.74, 6) is -0.436. The van der Waals surface area contributed by atoms with Crippen molar-refractivity contribution in [3.05, 3.63) is 24.3 Å². The van der Waals surface area contributed by atoms with Crippen molar-refractivity contribution in [3.63, 3.8) is 0 Å². The summed E-state index contributed by atoms with van der Waals surface area (Å²) in [6, 6.07) is 3.64. The van der Waals surface area contributed by atoms with Gasteiger partial charge in [-0.3, -0.25) is 0 Å². The van der Waals surface area contributed by atoms with E-state index in [-0.39, 0.29) is 6.04 Å².